The van der Waals surface area contributed by atoms with Crippen LogP contribution in [0.4, 0.5) is 0 Å². The molecular weight excluding hydrogens is 428 g/mol. The van der Waals surface area contributed by atoms with Crippen LogP contribution in [-0.4, -0.2) is 18.0 Å². The molecule has 0 saturated heterocycles. The number of furan rings is 1. The first kappa shape index (κ1) is 22.9. The molecule has 1 unspecified atom stereocenters. The minimum Gasteiger partial charge on any atom is -0.456 e. The van der Waals surface area contributed by atoms with Crippen molar-refractivity contribution in [3.8, 4) is 22.8 Å². The number of fused-ring (bicyclic) bond motifs is 1. The molecule has 0 aliphatic carbocycles. The summed E-state index contributed by atoms with van der Waals surface area (Å²) < 4.78 is 18.3. The zero-order chi connectivity index (χ0) is 24.1. The Morgan fingerprint density at radius 3 is 2.26 bits per heavy atom. The minimum atomic E-state index is -0.466. The van der Waals surface area contributed by atoms with Crippen molar-refractivity contribution in [1.82, 2.24) is 0 Å². The molecule has 34 heavy (non-hydrogen) atoms. The van der Waals surface area contributed by atoms with Crippen molar-refractivity contribution in [2.75, 3.05) is 0 Å². The summed E-state index contributed by atoms with van der Waals surface area (Å²) in [4.78, 5) is 0. The molecule has 6 N–H and O–H groups in total. The van der Waals surface area contributed by atoms with E-state index in [0.717, 1.165) is 35.8 Å². The van der Waals surface area contributed by atoms with E-state index in [0.29, 0.717) is 28.4 Å². The zero-order valence-corrected chi connectivity index (χ0v) is 19.0. The molecule has 0 fully saturated rings. The summed E-state index contributed by atoms with van der Waals surface area (Å²) >= 11 is 0. The third-order valence-electron chi connectivity index (χ3n) is 5.44. The van der Waals surface area contributed by atoms with Gasteiger partial charge in [-0.25, -0.2) is 0 Å². The predicted octanol–water partition coefficient (Wildman–Crippen LogP) is 5.64. The Labute approximate surface area is 198 Å². The second-order valence-corrected chi connectivity index (χ2v) is 8.05. The summed E-state index contributed by atoms with van der Waals surface area (Å²) in [5.41, 5.74) is 14.0. The fourth-order valence-corrected chi connectivity index (χ4v) is 3.61. The molecule has 0 radical (unpaired) electrons. The number of ether oxygens (including phenoxy) is 2. The summed E-state index contributed by atoms with van der Waals surface area (Å²) in [7, 11) is 0. The molecular formula is C27H28N4O3. The van der Waals surface area contributed by atoms with Crippen molar-refractivity contribution in [1.29, 1.82) is 10.8 Å². The van der Waals surface area contributed by atoms with Crippen molar-refractivity contribution in [2.24, 2.45) is 11.5 Å². The lowest BCUT2D eigenvalue weighted by atomic mass is 10.1. The molecule has 0 aliphatic heterocycles. The summed E-state index contributed by atoms with van der Waals surface area (Å²) in [5, 5.41) is 16.1. The second-order valence-electron chi connectivity index (χ2n) is 8.05. The molecule has 1 atom stereocenters. The van der Waals surface area contributed by atoms with Gasteiger partial charge in [0.25, 0.3) is 0 Å². The molecule has 1 aromatic heterocycles. The quantitative estimate of drug-likeness (QED) is 0.139. The van der Waals surface area contributed by atoms with Crippen LogP contribution in [0.2, 0.25) is 0 Å². The van der Waals surface area contributed by atoms with Gasteiger partial charge in [0.1, 0.15) is 34.5 Å². The number of nitrogens with one attached hydrogen (secondary N) is 2. The first-order valence-electron chi connectivity index (χ1n) is 11.2. The average molecular weight is 457 g/mol. The van der Waals surface area contributed by atoms with Crippen molar-refractivity contribution in [3.05, 3.63) is 83.9 Å². The number of nitrogens with two attached hydrogens (primary N) is 2. The van der Waals surface area contributed by atoms with E-state index in [1.165, 1.54) is 0 Å². The van der Waals surface area contributed by atoms with Crippen molar-refractivity contribution < 1.29 is 13.9 Å². The number of nitrogen functional groups attached to an aromatic ring is 2. The van der Waals surface area contributed by atoms with Crippen molar-refractivity contribution in [2.45, 2.75) is 32.5 Å². The van der Waals surface area contributed by atoms with E-state index < -0.39 is 6.29 Å². The van der Waals surface area contributed by atoms with Gasteiger partial charge in [0.05, 0.1) is 0 Å². The van der Waals surface area contributed by atoms with Gasteiger partial charge in [-0.05, 0) is 67.1 Å². The van der Waals surface area contributed by atoms with Crippen LogP contribution >= 0.6 is 0 Å². The topological polar surface area (TPSA) is 131 Å². The Bertz CT molecular complexity index is 1310. The van der Waals surface area contributed by atoms with E-state index >= 15 is 0 Å². The molecule has 3 aromatic carbocycles. The SMILES string of the molecule is CCCCC(Oc1ccc(C(=N)N)cc1)Oc1cccc(-c2cc3cc(C(=N)N)ccc3o2)c1. The summed E-state index contributed by atoms with van der Waals surface area (Å²) in [6.07, 6.45) is 2.24. The third-order valence-corrected chi connectivity index (χ3v) is 5.44. The van der Waals surface area contributed by atoms with Crippen LogP contribution in [-0.2, 0) is 0 Å². The van der Waals surface area contributed by atoms with E-state index in [2.05, 4.69) is 6.92 Å². The molecule has 4 rings (SSSR count). The number of unbranched alkanes of at least 4 members (excludes halogenated alkanes) is 1. The van der Waals surface area contributed by atoms with Gasteiger partial charge in [0.15, 0.2) is 0 Å². The van der Waals surface area contributed by atoms with Crippen LogP contribution in [0.15, 0.2) is 77.2 Å². The zero-order valence-electron chi connectivity index (χ0n) is 19.0. The molecule has 174 valence electrons. The third kappa shape index (κ3) is 5.38. The van der Waals surface area contributed by atoms with Crippen molar-refractivity contribution >= 4 is 22.6 Å². The summed E-state index contributed by atoms with van der Waals surface area (Å²) in [6.45, 7) is 2.12. The number of rotatable bonds is 10. The molecule has 4 aromatic rings. The highest BCUT2D eigenvalue weighted by Crippen LogP contribution is 2.31. The molecule has 0 saturated carbocycles. The first-order chi connectivity index (χ1) is 16.4. The van der Waals surface area contributed by atoms with Crippen LogP contribution in [0.1, 0.15) is 37.3 Å². The molecule has 7 heteroatoms. The van der Waals surface area contributed by atoms with Gasteiger partial charge in [-0.1, -0.05) is 25.5 Å². The van der Waals surface area contributed by atoms with Crippen LogP contribution in [0, 0.1) is 10.8 Å². The Kier molecular flexibility index (Phi) is 6.82. The fourth-order valence-electron chi connectivity index (χ4n) is 3.61. The van der Waals surface area contributed by atoms with Gasteiger partial charge < -0.3 is 25.4 Å². The summed E-state index contributed by atoms with van der Waals surface area (Å²) in [5.74, 6) is 2.07. The lowest BCUT2D eigenvalue weighted by Crippen LogP contribution is -2.24. The summed E-state index contributed by atoms with van der Waals surface area (Å²) in [6, 6.07) is 22.2. The Morgan fingerprint density at radius 2 is 1.56 bits per heavy atom. The molecule has 0 spiro atoms. The minimum absolute atomic E-state index is 0.0188. The van der Waals surface area contributed by atoms with Gasteiger partial charge in [-0.15, -0.1) is 0 Å². The first-order valence-corrected chi connectivity index (χ1v) is 11.2. The van der Waals surface area contributed by atoms with Crippen LogP contribution in [0.5, 0.6) is 11.5 Å². The predicted molar refractivity (Wildman–Crippen MR) is 135 cm³/mol. The maximum Gasteiger partial charge on any atom is 0.241 e. The molecule has 1 heterocycles. The van der Waals surface area contributed by atoms with Gasteiger partial charge in [0.2, 0.25) is 6.29 Å². The fraction of sp³-hybridized carbons (Fsp3) is 0.185. The number of hydrogen-bond donors (Lipinski definition) is 4. The van der Waals surface area contributed by atoms with Crippen molar-refractivity contribution in [3.63, 3.8) is 0 Å². The highest BCUT2D eigenvalue weighted by molar-refractivity contribution is 5.99. The monoisotopic (exact) mass is 456 g/mol. The van der Waals surface area contributed by atoms with Gasteiger partial charge in [-0.3, -0.25) is 10.8 Å². The number of amidine groups is 2. The van der Waals surface area contributed by atoms with E-state index in [4.69, 9.17) is 36.2 Å². The average Bonchev–Trinajstić information content (AvgIpc) is 3.26. The molecule has 0 aliphatic rings. The largest absolute Gasteiger partial charge is 0.456 e. The van der Waals surface area contributed by atoms with Gasteiger partial charge >= 0.3 is 0 Å². The molecule has 0 bridgehead atoms. The number of benzene rings is 3. The maximum absolute atomic E-state index is 7.64. The molecule has 7 nitrogen and oxygen atoms in total. The Morgan fingerprint density at radius 1 is 0.853 bits per heavy atom. The lowest BCUT2D eigenvalue weighted by molar-refractivity contribution is -0.00209. The highest BCUT2D eigenvalue weighted by atomic mass is 16.7. The van der Waals surface area contributed by atoms with E-state index in [1.807, 2.05) is 42.5 Å². The van der Waals surface area contributed by atoms with E-state index in [1.54, 1.807) is 30.3 Å². The van der Waals surface area contributed by atoms with E-state index in [-0.39, 0.29) is 11.7 Å². The second kappa shape index (κ2) is 10.1. The Hall–Kier alpha value is -4.26. The number of hydrogen-bond acceptors (Lipinski definition) is 5. The van der Waals surface area contributed by atoms with Crippen LogP contribution < -0.4 is 20.9 Å². The highest BCUT2D eigenvalue weighted by Gasteiger charge is 2.14. The molecule has 0 amide bonds. The Balaban J connectivity index is 1.54. The normalized spacial score (nSPS) is 11.8. The van der Waals surface area contributed by atoms with Crippen LogP contribution in [0.25, 0.3) is 22.3 Å². The van der Waals surface area contributed by atoms with Gasteiger partial charge in [-0.2, -0.15) is 0 Å². The van der Waals surface area contributed by atoms with Gasteiger partial charge in [0, 0.05) is 28.5 Å². The maximum atomic E-state index is 7.64. The van der Waals surface area contributed by atoms with Crippen LogP contribution in [0.3, 0.4) is 0 Å². The smallest absolute Gasteiger partial charge is 0.241 e. The standard InChI is InChI=1S/C27H28N4O3/c1-2-3-7-25(32-21-11-8-17(9-12-21)26(28)29)33-22-6-4-5-18(15-22)24-16-20-14-19(27(30)31)10-13-23(20)34-24/h4-6,8-16,25H,2-3,7H2,1H3,(H3,28,29)(H3,30,31). The lowest BCUT2D eigenvalue weighted by Gasteiger charge is -2.21. The van der Waals surface area contributed by atoms with E-state index in [9.17, 15) is 0 Å².